The van der Waals surface area contributed by atoms with E-state index in [4.69, 9.17) is 11.8 Å². The van der Waals surface area contributed by atoms with Crippen LogP contribution in [0.4, 0.5) is 0 Å². The molecule has 0 saturated carbocycles. The zero-order valence-electron chi connectivity index (χ0n) is 6.87. The van der Waals surface area contributed by atoms with Crippen molar-refractivity contribution in [2.24, 2.45) is 4.26 Å². The fourth-order valence-corrected chi connectivity index (χ4v) is 1.57. The molecule has 0 fully saturated rings. The first-order chi connectivity index (χ1) is 4.59. The molecule has 0 saturated heterocycles. The molecule has 60 valence electrons. The number of hydrogen-bond acceptors (Lipinski definition) is 1. The van der Waals surface area contributed by atoms with Crippen molar-refractivity contribution in [1.82, 2.24) is 4.67 Å². The van der Waals surface area contributed by atoms with Crippen LogP contribution in [0.25, 0.3) is 0 Å². The molecule has 0 radical (unpaired) electrons. The van der Waals surface area contributed by atoms with Gasteiger partial charge in [-0.3, -0.25) is 0 Å². The molecule has 0 aliphatic heterocycles. The third-order valence-corrected chi connectivity index (χ3v) is 2.60. The van der Waals surface area contributed by atoms with Crippen LogP contribution < -0.4 is 0 Å². The highest BCUT2D eigenvalue weighted by molar-refractivity contribution is 7.25. The van der Waals surface area contributed by atoms with E-state index in [2.05, 4.69) is 36.6 Å². The van der Waals surface area contributed by atoms with Crippen LogP contribution in [0, 0.1) is 0 Å². The lowest BCUT2D eigenvalue weighted by atomic mass is 10.3. The highest BCUT2D eigenvalue weighted by Crippen LogP contribution is 2.18. The van der Waals surface area contributed by atoms with Crippen molar-refractivity contribution in [3.8, 4) is 0 Å². The van der Waals surface area contributed by atoms with Crippen molar-refractivity contribution in [1.29, 1.82) is 0 Å². The van der Waals surface area contributed by atoms with E-state index in [9.17, 15) is 0 Å². The van der Waals surface area contributed by atoms with Gasteiger partial charge in [0.05, 0.1) is 0 Å². The van der Waals surface area contributed by atoms with Gasteiger partial charge in [-0.2, -0.15) is 0 Å². The largest absolute Gasteiger partial charge is 0.236 e. The molecule has 0 aromatic carbocycles. The second-order valence-electron chi connectivity index (χ2n) is 2.73. The van der Waals surface area contributed by atoms with E-state index in [0.29, 0.717) is 12.1 Å². The van der Waals surface area contributed by atoms with E-state index in [1.807, 2.05) is 0 Å². The van der Waals surface area contributed by atoms with Crippen LogP contribution in [0.15, 0.2) is 4.26 Å². The first-order valence-electron chi connectivity index (χ1n) is 3.39. The first-order valence-corrected chi connectivity index (χ1v) is 4.53. The zero-order chi connectivity index (χ0) is 8.15. The molecule has 0 N–H and O–H groups in total. The molecule has 4 heteroatoms. The summed E-state index contributed by atoms with van der Waals surface area (Å²) in [6, 6.07) is 1.01. The fourth-order valence-electron chi connectivity index (χ4n) is 0.842. The molecule has 0 aromatic rings. The average Bonchev–Trinajstić information content (AvgIpc) is 1.81. The van der Waals surface area contributed by atoms with Gasteiger partial charge in [-0.05, 0) is 27.7 Å². The van der Waals surface area contributed by atoms with Crippen LogP contribution in [-0.2, 0) is 0 Å². The number of nitrogens with zero attached hydrogens (tertiary/aromatic N) is 2. The molecule has 0 aliphatic rings. The summed E-state index contributed by atoms with van der Waals surface area (Å²) in [4.78, 5) is 0. The van der Waals surface area contributed by atoms with Crippen LogP contribution in [0.3, 0.4) is 0 Å². The second kappa shape index (κ2) is 5.06. The molecule has 0 spiro atoms. The summed E-state index contributed by atoms with van der Waals surface area (Å²) in [5.41, 5.74) is 0. The maximum atomic E-state index is 5.26. The van der Waals surface area contributed by atoms with Crippen LogP contribution >= 0.6 is 20.3 Å². The molecule has 0 aromatic heterocycles. The summed E-state index contributed by atoms with van der Waals surface area (Å²) in [5.74, 6) is 0. The molecule has 0 atom stereocenters. The van der Waals surface area contributed by atoms with Crippen LogP contribution in [0.2, 0.25) is 0 Å². The van der Waals surface area contributed by atoms with E-state index in [1.165, 1.54) is 0 Å². The smallest absolute Gasteiger partial charge is 0.116 e. The molecular formula is C6H14ClN2P. The standard InChI is InChI=1S/C6H14ClN2P/c1-5(2)9(6(3)4)10-8-7/h5-6H,1-4H3. The minimum Gasteiger partial charge on any atom is -0.236 e. The highest BCUT2D eigenvalue weighted by Gasteiger charge is 2.10. The Kier molecular flexibility index (Phi) is 5.24. The van der Waals surface area contributed by atoms with Crippen LogP contribution in [0.1, 0.15) is 27.7 Å². The topological polar surface area (TPSA) is 15.6 Å². The minimum absolute atomic E-state index is 0.504. The molecule has 10 heavy (non-hydrogen) atoms. The molecule has 0 bridgehead atoms. The van der Waals surface area contributed by atoms with Crippen molar-refractivity contribution < 1.29 is 0 Å². The summed E-state index contributed by atoms with van der Waals surface area (Å²) in [5, 5.41) is 0. The molecular weight excluding hydrogens is 167 g/mol. The summed E-state index contributed by atoms with van der Waals surface area (Å²) in [6.45, 7) is 8.54. The Morgan fingerprint density at radius 1 is 1.20 bits per heavy atom. The van der Waals surface area contributed by atoms with Crippen molar-refractivity contribution in [2.45, 2.75) is 39.8 Å². The summed E-state index contributed by atoms with van der Waals surface area (Å²) in [7, 11) is 0.853. The quantitative estimate of drug-likeness (QED) is 0.609. The molecule has 0 rings (SSSR count). The Labute approximate surface area is 69.6 Å². The number of hydrogen-bond donors (Lipinski definition) is 0. The van der Waals surface area contributed by atoms with Crippen LogP contribution in [0.5, 0.6) is 0 Å². The summed E-state index contributed by atoms with van der Waals surface area (Å²) in [6.07, 6.45) is 0. The Morgan fingerprint density at radius 3 is 1.70 bits per heavy atom. The third-order valence-electron chi connectivity index (χ3n) is 1.20. The van der Waals surface area contributed by atoms with Crippen molar-refractivity contribution in [3.05, 3.63) is 0 Å². The van der Waals surface area contributed by atoms with E-state index in [0.717, 1.165) is 8.52 Å². The summed E-state index contributed by atoms with van der Waals surface area (Å²) < 4.78 is 5.74. The lowest BCUT2D eigenvalue weighted by Crippen LogP contribution is -2.27. The van der Waals surface area contributed by atoms with Gasteiger partial charge in [0.15, 0.2) is 0 Å². The Balaban J connectivity index is 3.98. The van der Waals surface area contributed by atoms with Gasteiger partial charge in [0.25, 0.3) is 0 Å². The van der Waals surface area contributed by atoms with Gasteiger partial charge in [-0.15, -0.1) is 4.26 Å². The number of rotatable bonds is 3. The average molecular weight is 181 g/mol. The summed E-state index contributed by atoms with van der Waals surface area (Å²) >= 11 is 5.26. The van der Waals surface area contributed by atoms with Crippen molar-refractivity contribution in [2.75, 3.05) is 0 Å². The maximum Gasteiger partial charge on any atom is 0.116 e. The molecule has 0 heterocycles. The molecule has 2 nitrogen and oxygen atoms in total. The van der Waals surface area contributed by atoms with Gasteiger partial charge < -0.3 is 0 Å². The van der Waals surface area contributed by atoms with Gasteiger partial charge in [0.2, 0.25) is 0 Å². The maximum absolute atomic E-state index is 5.26. The van der Waals surface area contributed by atoms with E-state index in [1.54, 1.807) is 0 Å². The SMILES string of the molecule is CC(C)N(/P=N/Cl)C(C)C. The van der Waals surface area contributed by atoms with Gasteiger partial charge in [-0.1, -0.05) is 0 Å². The Hall–Kier alpha value is 0.350. The third kappa shape index (κ3) is 3.50. The number of halogens is 1. The van der Waals surface area contributed by atoms with Crippen molar-refractivity contribution in [3.63, 3.8) is 0 Å². The first kappa shape index (κ1) is 10.3. The van der Waals surface area contributed by atoms with E-state index >= 15 is 0 Å². The lowest BCUT2D eigenvalue weighted by Gasteiger charge is -2.23. The normalized spacial score (nSPS) is 12.8. The van der Waals surface area contributed by atoms with Gasteiger partial charge in [0.1, 0.15) is 8.52 Å². The zero-order valence-corrected chi connectivity index (χ0v) is 8.52. The van der Waals surface area contributed by atoms with E-state index in [-0.39, 0.29) is 0 Å². The lowest BCUT2D eigenvalue weighted by molar-refractivity contribution is 0.331. The fraction of sp³-hybridized carbons (Fsp3) is 1.00. The highest BCUT2D eigenvalue weighted by atomic mass is 35.5. The molecule has 0 amide bonds. The van der Waals surface area contributed by atoms with Gasteiger partial charge >= 0.3 is 0 Å². The van der Waals surface area contributed by atoms with E-state index < -0.39 is 0 Å². The second-order valence-corrected chi connectivity index (χ2v) is 3.98. The monoisotopic (exact) mass is 180 g/mol. The van der Waals surface area contributed by atoms with Gasteiger partial charge in [-0.25, -0.2) is 4.67 Å². The van der Waals surface area contributed by atoms with Gasteiger partial charge in [0, 0.05) is 23.9 Å². The Bertz CT molecular complexity index is 106. The predicted molar refractivity (Wildman–Crippen MR) is 47.3 cm³/mol. The van der Waals surface area contributed by atoms with Crippen LogP contribution in [-0.4, -0.2) is 16.8 Å². The molecule has 0 unspecified atom stereocenters. The predicted octanol–water partition coefficient (Wildman–Crippen LogP) is 3.30. The Morgan fingerprint density at radius 2 is 1.60 bits per heavy atom. The minimum atomic E-state index is 0.504. The molecule has 0 aliphatic carbocycles. The van der Waals surface area contributed by atoms with Crippen molar-refractivity contribution >= 4 is 20.3 Å².